The van der Waals surface area contributed by atoms with Gasteiger partial charge in [-0.25, -0.2) is 4.79 Å². The summed E-state index contributed by atoms with van der Waals surface area (Å²) in [4.78, 5) is 25.8. The summed E-state index contributed by atoms with van der Waals surface area (Å²) in [5, 5.41) is 8.50. The minimum Gasteiger partial charge on any atom is -0.379 e. The number of morpholine rings is 1. The van der Waals surface area contributed by atoms with E-state index in [0.29, 0.717) is 24.3 Å². The highest BCUT2D eigenvalue weighted by Gasteiger charge is 2.28. The van der Waals surface area contributed by atoms with Crippen molar-refractivity contribution in [1.82, 2.24) is 10.2 Å². The monoisotopic (exact) mass is 348 g/mol. The molecule has 1 fully saturated rings. The molecule has 0 radical (unpaired) electrons. The maximum atomic E-state index is 12.1. The maximum absolute atomic E-state index is 12.1. The largest absolute Gasteiger partial charge is 0.379 e. The van der Waals surface area contributed by atoms with Crippen molar-refractivity contribution >= 4 is 23.3 Å². The Labute approximate surface area is 149 Å². The molecule has 7 nitrogen and oxygen atoms in total. The van der Waals surface area contributed by atoms with Gasteiger partial charge in [-0.15, -0.1) is 0 Å². The number of rotatable bonds is 6. The molecule has 1 aliphatic heterocycles. The Hall–Kier alpha value is -2.12. The van der Waals surface area contributed by atoms with Crippen molar-refractivity contribution < 1.29 is 14.3 Å². The van der Waals surface area contributed by atoms with Crippen molar-refractivity contribution in [2.75, 3.05) is 43.5 Å². The highest BCUT2D eigenvalue weighted by Crippen LogP contribution is 2.16. The predicted octanol–water partition coefficient (Wildman–Crippen LogP) is 2.27. The Balaban J connectivity index is 1.80. The molecular formula is C18H28N4O3. The van der Waals surface area contributed by atoms with Crippen molar-refractivity contribution in [3.8, 4) is 0 Å². The number of carbonyl (C=O) groups excluding carboxylic acids is 2. The molecule has 0 saturated carbocycles. The molecule has 0 unspecified atom stereocenters. The zero-order valence-corrected chi connectivity index (χ0v) is 15.2. The quantitative estimate of drug-likeness (QED) is 0.736. The third-order valence-corrected chi connectivity index (χ3v) is 4.30. The van der Waals surface area contributed by atoms with Crippen LogP contribution in [0.25, 0.3) is 0 Å². The van der Waals surface area contributed by atoms with Gasteiger partial charge in [-0.1, -0.05) is 6.92 Å². The molecule has 0 bridgehead atoms. The number of urea groups is 1. The number of benzene rings is 1. The number of nitrogens with one attached hydrogen (secondary N) is 3. The third kappa shape index (κ3) is 6.03. The second-order valence-electron chi connectivity index (χ2n) is 6.70. The minimum absolute atomic E-state index is 0.0382. The maximum Gasteiger partial charge on any atom is 0.319 e. The first kappa shape index (κ1) is 19.2. The van der Waals surface area contributed by atoms with Crippen LogP contribution >= 0.6 is 0 Å². The van der Waals surface area contributed by atoms with Crippen LogP contribution in [-0.2, 0) is 9.53 Å². The lowest BCUT2D eigenvalue weighted by Crippen LogP contribution is -2.55. The molecule has 25 heavy (non-hydrogen) atoms. The molecule has 1 heterocycles. The van der Waals surface area contributed by atoms with Gasteiger partial charge in [0.1, 0.15) is 0 Å². The summed E-state index contributed by atoms with van der Waals surface area (Å²) in [5.41, 5.74) is 1.26. The number of carbonyl (C=O) groups is 2. The minimum atomic E-state index is -0.244. The van der Waals surface area contributed by atoms with E-state index < -0.39 is 0 Å². The van der Waals surface area contributed by atoms with Gasteiger partial charge in [-0.3, -0.25) is 9.69 Å². The smallest absolute Gasteiger partial charge is 0.319 e. The molecule has 138 valence electrons. The summed E-state index contributed by atoms with van der Waals surface area (Å²) in [6.45, 7) is 9.79. The van der Waals surface area contributed by atoms with Crippen molar-refractivity contribution in [3.05, 3.63) is 24.3 Å². The van der Waals surface area contributed by atoms with Crippen LogP contribution in [0.4, 0.5) is 16.2 Å². The fourth-order valence-corrected chi connectivity index (χ4v) is 2.64. The van der Waals surface area contributed by atoms with Crippen LogP contribution in [0.1, 0.15) is 27.2 Å². The molecule has 3 N–H and O–H groups in total. The lowest BCUT2D eigenvalue weighted by atomic mass is 10.0. The van der Waals surface area contributed by atoms with E-state index >= 15 is 0 Å². The molecule has 0 spiro atoms. The predicted molar refractivity (Wildman–Crippen MR) is 98.9 cm³/mol. The number of amides is 3. The van der Waals surface area contributed by atoms with Gasteiger partial charge in [0.05, 0.1) is 13.2 Å². The summed E-state index contributed by atoms with van der Waals surface area (Å²) in [6.07, 6.45) is 0.432. The van der Waals surface area contributed by atoms with Crippen LogP contribution in [0.5, 0.6) is 0 Å². The van der Waals surface area contributed by atoms with Crippen LogP contribution < -0.4 is 16.0 Å². The third-order valence-electron chi connectivity index (χ3n) is 4.30. The van der Waals surface area contributed by atoms with E-state index in [1.807, 2.05) is 0 Å². The molecule has 2 rings (SSSR count). The second-order valence-corrected chi connectivity index (χ2v) is 6.70. The zero-order chi connectivity index (χ0) is 18.3. The van der Waals surface area contributed by atoms with Gasteiger partial charge in [0, 0.05) is 43.0 Å². The Morgan fingerprint density at radius 2 is 1.64 bits per heavy atom. The summed E-state index contributed by atoms with van der Waals surface area (Å²) in [7, 11) is 0. The summed E-state index contributed by atoms with van der Waals surface area (Å²) >= 11 is 0. The van der Waals surface area contributed by atoms with Crippen LogP contribution in [0, 0.1) is 0 Å². The van der Waals surface area contributed by atoms with Crippen LogP contribution in [0.2, 0.25) is 0 Å². The van der Waals surface area contributed by atoms with Gasteiger partial charge < -0.3 is 20.7 Å². The molecule has 0 aliphatic carbocycles. The molecule has 1 aromatic carbocycles. The highest BCUT2D eigenvalue weighted by atomic mass is 16.5. The average molecular weight is 348 g/mol. The Bertz CT molecular complexity index is 580. The fourth-order valence-electron chi connectivity index (χ4n) is 2.64. The zero-order valence-electron chi connectivity index (χ0n) is 15.2. The number of anilines is 2. The van der Waals surface area contributed by atoms with Crippen molar-refractivity contribution in [2.24, 2.45) is 0 Å². The number of ether oxygens (including phenoxy) is 1. The molecule has 1 aliphatic rings. The fraction of sp³-hybridized carbons (Fsp3) is 0.556. The first-order chi connectivity index (χ1) is 11.9. The molecule has 1 saturated heterocycles. The van der Waals surface area contributed by atoms with Crippen LogP contribution in [0.15, 0.2) is 24.3 Å². The molecular weight excluding hydrogens is 320 g/mol. The van der Waals surface area contributed by atoms with Gasteiger partial charge >= 0.3 is 6.03 Å². The lowest BCUT2D eigenvalue weighted by molar-refractivity contribution is -0.115. The highest BCUT2D eigenvalue weighted by molar-refractivity contribution is 5.92. The van der Waals surface area contributed by atoms with E-state index in [0.717, 1.165) is 26.3 Å². The van der Waals surface area contributed by atoms with Gasteiger partial charge in [-0.05, 0) is 38.1 Å². The van der Waals surface area contributed by atoms with Crippen LogP contribution in [0.3, 0.4) is 0 Å². The van der Waals surface area contributed by atoms with Gasteiger partial charge in [0.2, 0.25) is 5.91 Å². The van der Waals surface area contributed by atoms with E-state index in [1.54, 1.807) is 31.2 Å². The normalized spacial score (nSPS) is 15.5. The van der Waals surface area contributed by atoms with E-state index in [1.165, 1.54) is 0 Å². The van der Waals surface area contributed by atoms with E-state index in [9.17, 15) is 9.59 Å². The summed E-state index contributed by atoms with van der Waals surface area (Å²) < 4.78 is 5.37. The molecule has 0 aromatic heterocycles. The summed E-state index contributed by atoms with van der Waals surface area (Å²) in [6, 6.07) is 6.81. The van der Waals surface area contributed by atoms with Gasteiger partial charge in [0.15, 0.2) is 0 Å². The molecule has 0 atom stereocenters. The number of nitrogens with zero attached hydrogens (tertiary/aromatic N) is 1. The number of hydrogen-bond donors (Lipinski definition) is 3. The van der Waals surface area contributed by atoms with E-state index in [4.69, 9.17) is 4.74 Å². The lowest BCUT2D eigenvalue weighted by Gasteiger charge is -2.40. The van der Waals surface area contributed by atoms with E-state index in [2.05, 4.69) is 34.7 Å². The summed E-state index contributed by atoms with van der Waals surface area (Å²) in [5.74, 6) is -0.0382. The Kier molecular flexibility index (Phi) is 6.78. The van der Waals surface area contributed by atoms with Crippen molar-refractivity contribution in [3.63, 3.8) is 0 Å². The topological polar surface area (TPSA) is 82.7 Å². The second kappa shape index (κ2) is 8.82. The Morgan fingerprint density at radius 3 is 2.20 bits per heavy atom. The van der Waals surface area contributed by atoms with Crippen molar-refractivity contribution in [2.45, 2.75) is 32.7 Å². The van der Waals surface area contributed by atoms with Crippen LogP contribution in [-0.4, -0.2) is 55.2 Å². The van der Waals surface area contributed by atoms with Crippen molar-refractivity contribution in [1.29, 1.82) is 0 Å². The van der Waals surface area contributed by atoms with Gasteiger partial charge in [-0.2, -0.15) is 0 Å². The molecule has 3 amide bonds. The SMILES string of the molecule is CCC(=O)Nc1ccc(NC(=O)NCC(C)(C)N2CCOCC2)cc1. The van der Waals surface area contributed by atoms with Gasteiger partial charge in [0.25, 0.3) is 0 Å². The van der Waals surface area contributed by atoms with E-state index in [-0.39, 0.29) is 17.5 Å². The average Bonchev–Trinajstić information content (AvgIpc) is 2.62. The molecule has 7 heteroatoms. The first-order valence-electron chi connectivity index (χ1n) is 8.68. The first-order valence-corrected chi connectivity index (χ1v) is 8.68. The Morgan fingerprint density at radius 1 is 1.08 bits per heavy atom. The molecule has 1 aromatic rings. The number of hydrogen-bond acceptors (Lipinski definition) is 4. The standard InChI is InChI=1S/C18H28N4O3/c1-4-16(23)20-14-5-7-15(8-6-14)21-17(24)19-13-18(2,3)22-9-11-25-12-10-22/h5-8H,4,9-13H2,1-3H3,(H,20,23)(H2,19,21,24).